The molecule has 0 heterocycles. The second kappa shape index (κ2) is 5.60. The van der Waals surface area contributed by atoms with Crippen LogP contribution >= 0.6 is 0 Å². The van der Waals surface area contributed by atoms with E-state index in [-0.39, 0.29) is 0 Å². The minimum absolute atomic E-state index is 0.688. The van der Waals surface area contributed by atoms with Crippen LogP contribution in [0.4, 0.5) is 0 Å². The molecule has 2 rings (SSSR count). The predicted molar refractivity (Wildman–Crippen MR) is 69.1 cm³/mol. The summed E-state index contributed by atoms with van der Waals surface area (Å²) >= 11 is 0. The molecule has 1 aromatic rings. The number of nitrogens with one attached hydrogen (secondary N) is 1. The molecule has 0 saturated heterocycles. The molecule has 1 aliphatic carbocycles. The van der Waals surface area contributed by atoms with Crippen LogP contribution in [0.5, 0.6) is 0 Å². The quantitative estimate of drug-likeness (QED) is 0.767. The van der Waals surface area contributed by atoms with Crippen molar-refractivity contribution in [1.29, 1.82) is 0 Å². The van der Waals surface area contributed by atoms with Crippen LogP contribution in [0.15, 0.2) is 24.3 Å². The lowest BCUT2D eigenvalue weighted by molar-refractivity contribution is 0.676. The monoisotopic (exact) mass is 237 g/mol. The Balaban J connectivity index is 1.79. The molecule has 1 fully saturated rings. The largest absolute Gasteiger partial charge is 0.312 e. The zero-order chi connectivity index (χ0) is 11.4. The second-order valence-electron chi connectivity index (χ2n) is 4.47. The molecule has 2 nitrogen and oxygen atoms in total. The van der Waals surface area contributed by atoms with Crippen LogP contribution in [0.25, 0.3) is 0 Å². The van der Waals surface area contributed by atoms with Crippen molar-refractivity contribution >= 4 is 10.8 Å². The lowest BCUT2D eigenvalue weighted by Gasteiger charge is -2.05. The van der Waals surface area contributed by atoms with Crippen LogP contribution in [0, 0.1) is 0 Å². The minimum atomic E-state index is -0.688. The maximum Gasteiger partial charge on any atom is 0.0357 e. The van der Waals surface area contributed by atoms with Gasteiger partial charge >= 0.3 is 0 Å². The van der Waals surface area contributed by atoms with Crippen molar-refractivity contribution in [2.75, 3.05) is 18.6 Å². The summed E-state index contributed by atoms with van der Waals surface area (Å²) in [5.41, 5.74) is 2.82. The molecule has 0 bridgehead atoms. The van der Waals surface area contributed by atoms with E-state index in [0.29, 0.717) is 0 Å². The number of hydrogen-bond donors (Lipinski definition) is 1. The summed E-state index contributed by atoms with van der Waals surface area (Å²) in [4.78, 5) is 0. The summed E-state index contributed by atoms with van der Waals surface area (Å²) in [6.45, 7) is 1.72. The molecule has 88 valence electrons. The first-order valence-corrected chi connectivity index (χ1v) is 7.58. The molecule has 1 saturated carbocycles. The van der Waals surface area contributed by atoms with Crippen LogP contribution in [0.2, 0.25) is 0 Å². The predicted octanol–water partition coefficient (Wildman–Crippen LogP) is 2.03. The lowest BCUT2D eigenvalue weighted by Crippen LogP contribution is -2.19. The van der Waals surface area contributed by atoms with E-state index in [0.717, 1.165) is 24.8 Å². The lowest BCUT2D eigenvalue weighted by atomic mass is 10.1. The third-order valence-corrected chi connectivity index (χ3v) is 3.67. The van der Waals surface area contributed by atoms with Gasteiger partial charge in [0.05, 0.1) is 0 Å². The first-order chi connectivity index (χ1) is 7.75. The van der Waals surface area contributed by atoms with Gasteiger partial charge in [-0.2, -0.15) is 0 Å². The van der Waals surface area contributed by atoms with Crippen molar-refractivity contribution < 1.29 is 4.21 Å². The maximum absolute atomic E-state index is 10.9. The van der Waals surface area contributed by atoms with Crippen LogP contribution in [-0.2, 0) is 17.3 Å². The topological polar surface area (TPSA) is 29.1 Å². The van der Waals surface area contributed by atoms with E-state index >= 15 is 0 Å². The third kappa shape index (κ3) is 3.72. The molecule has 1 atom stereocenters. The summed E-state index contributed by atoms with van der Waals surface area (Å²) in [6, 6.07) is 8.82. The normalized spacial score (nSPS) is 17.3. The van der Waals surface area contributed by atoms with Gasteiger partial charge in [0.2, 0.25) is 0 Å². The van der Waals surface area contributed by atoms with Crippen molar-refractivity contribution in [3.05, 3.63) is 35.4 Å². The Kier molecular flexibility index (Phi) is 4.13. The standard InChI is InChI=1S/C13H19NOS/c1-16(15)8-7-14-10-11-3-2-4-13(9-11)12-5-6-12/h2-4,9,12,14H,5-8,10H2,1H3. The molecule has 1 aliphatic rings. The van der Waals surface area contributed by atoms with Crippen molar-refractivity contribution in [3.8, 4) is 0 Å². The second-order valence-corrected chi connectivity index (χ2v) is 6.03. The van der Waals surface area contributed by atoms with Crippen molar-refractivity contribution in [2.45, 2.75) is 25.3 Å². The van der Waals surface area contributed by atoms with Crippen molar-refractivity contribution in [2.24, 2.45) is 0 Å². The number of benzene rings is 1. The van der Waals surface area contributed by atoms with Gasteiger partial charge in [-0.3, -0.25) is 4.21 Å². The Bertz CT molecular complexity index is 374. The first kappa shape index (κ1) is 11.8. The highest BCUT2D eigenvalue weighted by Gasteiger charge is 2.23. The van der Waals surface area contributed by atoms with Crippen LogP contribution in [0.3, 0.4) is 0 Å². The maximum atomic E-state index is 10.9. The summed E-state index contributed by atoms with van der Waals surface area (Å²) in [7, 11) is -0.688. The number of hydrogen-bond acceptors (Lipinski definition) is 2. The fraction of sp³-hybridized carbons (Fsp3) is 0.538. The zero-order valence-corrected chi connectivity index (χ0v) is 10.6. The van der Waals surface area contributed by atoms with E-state index in [4.69, 9.17) is 0 Å². The fourth-order valence-electron chi connectivity index (χ4n) is 1.82. The van der Waals surface area contributed by atoms with Gasteiger partial charge in [0, 0.05) is 35.9 Å². The molecule has 0 amide bonds. The Labute approximate surface area is 99.9 Å². The Hall–Kier alpha value is -0.670. The average Bonchev–Trinajstić information content (AvgIpc) is 3.08. The minimum Gasteiger partial charge on any atom is -0.312 e. The summed E-state index contributed by atoms with van der Waals surface area (Å²) in [5.74, 6) is 1.56. The van der Waals surface area contributed by atoms with Gasteiger partial charge in [-0.05, 0) is 29.9 Å². The molecular formula is C13H19NOS. The van der Waals surface area contributed by atoms with Crippen LogP contribution in [0.1, 0.15) is 29.9 Å². The molecule has 0 spiro atoms. The highest BCUT2D eigenvalue weighted by molar-refractivity contribution is 7.84. The summed E-state index contributed by atoms with van der Waals surface area (Å²) in [5, 5.41) is 3.33. The van der Waals surface area contributed by atoms with E-state index in [1.54, 1.807) is 6.26 Å². The number of rotatable bonds is 6. The molecular weight excluding hydrogens is 218 g/mol. The van der Waals surface area contributed by atoms with Gasteiger partial charge in [0.25, 0.3) is 0 Å². The van der Waals surface area contributed by atoms with Gasteiger partial charge in [0.1, 0.15) is 0 Å². The van der Waals surface area contributed by atoms with Gasteiger partial charge in [-0.1, -0.05) is 24.3 Å². The fourth-order valence-corrected chi connectivity index (χ4v) is 2.25. The third-order valence-electron chi connectivity index (χ3n) is 2.90. The summed E-state index contributed by atoms with van der Waals surface area (Å²) in [6.07, 6.45) is 4.45. The Morgan fingerprint density at radius 1 is 1.44 bits per heavy atom. The Morgan fingerprint density at radius 2 is 2.25 bits per heavy atom. The van der Waals surface area contributed by atoms with E-state index in [9.17, 15) is 4.21 Å². The zero-order valence-electron chi connectivity index (χ0n) is 9.74. The molecule has 0 radical (unpaired) electrons. The Morgan fingerprint density at radius 3 is 2.94 bits per heavy atom. The molecule has 0 aliphatic heterocycles. The van der Waals surface area contributed by atoms with Gasteiger partial charge < -0.3 is 5.32 Å². The molecule has 1 aromatic carbocycles. The van der Waals surface area contributed by atoms with Crippen molar-refractivity contribution in [1.82, 2.24) is 5.32 Å². The van der Waals surface area contributed by atoms with Gasteiger partial charge in [-0.25, -0.2) is 0 Å². The van der Waals surface area contributed by atoms with E-state index in [1.165, 1.54) is 24.0 Å². The molecule has 0 aromatic heterocycles. The SMILES string of the molecule is CS(=O)CCNCc1cccc(C2CC2)c1. The molecule has 16 heavy (non-hydrogen) atoms. The van der Waals surface area contributed by atoms with Gasteiger partial charge in [-0.15, -0.1) is 0 Å². The van der Waals surface area contributed by atoms with Crippen LogP contribution < -0.4 is 5.32 Å². The van der Waals surface area contributed by atoms with E-state index in [1.807, 2.05) is 0 Å². The van der Waals surface area contributed by atoms with Crippen molar-refractivity contribution in [3.63, 3.8) is 0 Å². The highest BCUT2D eigenvalue weighted by atomic mass is 32.2. The molecule has 3 heteroatoms. The summed E-state index contributed by atoms with van der Waals surface area (Å²) < 4.78 is 10.9. The van der Waals surface area contributed by atoms with E-state index in [2.05, 4.69) is 29.6 Å². The average molecular weight is 237 g/mol. The molecule has 1 N–H and O–H groups in total. The van der Waals surface area contributed by atoms with Crippen LogP contribution in [-0.4, -0.2) is 22.8 Å². The highest BCUT2D eigenvalue weighted by Crippen LogP contribution is 2.40. The molecule has 1 unspecified atom stereocenters. The van der Waals surface area contributed by atoms with Gasteiger partial charge in [0.15, 0.2) is 0 Å². The smallest absolute Gasteiger partial charge is 0.0357 e. The van der Waals surface area contributed by atoms with E-state index < -0.39 is 10.8 Å². The first-order valence-electron chi connectivity index (χ1n) is 5.85.